The van der Waals surface area contributed by atoms with Crippen LogP contribution in [0.25, 0.3) is 11.1 Å². The molecule has 12 heteroatoms. The van der Waals surface area contributed by atoms with E-state index in [1.165, 1.54) is 24.1 Å². The van der Waals surface area contributed by atoms with Crippen molar-refractivity contribution in [1.82, 2.24) is 20.1 Å². The van der Waals surface area contributed by atoms with Gasteiger partial charge in [0.25, 0.3) is 11.8 Å². The highest BCUT2D eigenvalue weighted by Gasteiger charge is 2.58. The molecule has 11 nitrogen and oxygen atoms in total. The molecule has 0 radical (unpaired) electrons. The second-order valence-corrected chi connectivity index (χ2v) is 10.7. The van der Waals surface area contributed by atoms with E-state index in [1.54, 1.807) is 49.9 Å². The van der Waals surface area contributed by atoms with Crippen molar-refractivity contribution >= 4 is 40.5 Å². The fourth-order valence-electron chi connectivity index (χ4n) is 5.54. The van der Waals surface area contributed by atoms with Crippen molar-refractivity contribution in [3.63, 3.8) is 0 Å². The maximum atomic E-state index is 14.3. The Morgan fingerprint density at radius 1 is 1.07 bits per heavy atom. The number of imide groups is 1. The summed E-state index contributed by atoms with van der Waals surface area (Å²) in [6.45, 7) is 5.63. The standard InChI is InChI=1S/C28H30FN5O6/c1-15(2)22(31-23(35)18-13-16(3)5-7-19(18)29)24(36)33-11-9-28(10-12-33)25(37)32(4)27(39)34(28)17-6-8-21-20(14-17)30-26(38)40-21/h5-8,13-15,22H,9-12H2,1-4H3,(H,30,38)(H,31,35)/t22-/m1/s1. The zero-order valence-electron chi connectivity index (χ0n) is 22.6. The van der Waals surface area contributed by atoms with E-state index in [2.05, 4.69) is 10.3 Å². The first-order valence-corrected chi connectivity index (χ1v) is 13.0. The summed E-state index contributed by atoms with van der Waals surface area (Å²) < 4.78 is 19.4. The fraction of sp³-hybridized carbons (Fsp3) is 0.393. The summed E-state index contributed by atoms with van der Waals surface area (Å²) in [5.74, 6) is -3.01. The van der Waals surface area contributed by atoms with Gasteiger partial charge in [-0.15, -0.1) is 0 Å². The van der Waals surface area contributed by atoms with Crippen LogP contribution < -0.4 is 16.0 Å². The van der Waals surface area contributed by atoms with E-state index >= 15 is 0 Å². The fourth-order valence-corrected chi connectivity index (χ4v) is 5.54. The molecule has 3 heterocycles. The highest BCUT2D eigenvalue weighted by molar-refractivity contribution is 6.17. The van der Waals surface area contributed by atoms with Crippen molar-refractivity contribution in [2.45, 2.75) is 45.2 Å². The second kappa shape index (κ2) is 9.92. The van der Waals surface area contributed by atoms with Crippen LogP contribution in [0.1, 0.15) is 42.6 Å². The number of carbonyl (C=O) groups is 4. The van der Waals surface area contributed by atoms with Gasteiger partial charge in [0.15, 0.2) is 5.58 Å². The van der Waals surface area contributed by atoms with Crippen molar-refractivity contribution < 1.29 is 28.0 Å². The molecule has 2 saturated heterocycles. The Balaban J connectivity index is 1.37. The highest BCUT2D eigenvalue weighted by Crippen LogP contribution is 2.41. The molecule has 5 rings (SSSR count). The molecule has 0 unspecified atom stereocenters. The predicted molar refractivity (Wildman–Crippen MR) is 143 cm³/mol. The normalized spacial score (nSPS) is 17.8. The lowest BCUT2D eigenvalue weighted by Crippen LogP contribution is -2.60. The molecular weight excluding hydrogens is 521 g/mol. The summed E-state index contributed by atoms with van der Waals surface area (Å²) in [6.07, 6.45) is 0.331. The monoisotopic (exact) mass is 551 g/mol. The first kappa shape index (κ1) is 27.1. The van der Waals surface area contributed by atoms with Crippen LogP contribution in [0.3, 0.4) is 0 Å². The second-order valence-electron chi connectivity index (χ2n) is 10.7. The number of aromatic amines is 1. The quantitative estimate of drug-likeness (QED) is 0.468. The van der Waals surface area contributed by atoms with Crippen molar-refractivity contribution in [1.29, 1.82) is 0 Å². The van der Waals surface area contributed by atoms with Gasteiger partial charge in [0.2, 0.25) is 5.91 Å². The number of amides is 5. The minimum atomic E-state index is -1.22. The lowest BCUT2D eigenvalue weighted by atomic mass is 9.85. The zero-order chi connectivity index (χ0) is 28.9. The van der Waals surface area contributed by atoms with E-state index in [1.807, 2.05) is 0 Å². The summed E-state index contributed by atoms with van der Waals surface area (Å²) in [7, 11) is 1.41. The Bertz CT molecular complexity index is 1590. The summed E-state index contributed by atoms with van der Waals surface area (Å²) in [5.41, 5.74) is 0.480. The number of carbonyl (C=O) groups excluding carboxylic acids is 4. The molecule has 1 aromatic heterocycles. The average Bonchev–Trinajstić information content (AvgIpc) is 3.38. The van der Waals surface area contributed by atoms with E-state index in [9.17, 15) is 28.4 Å². The number of hydrogen-bond donors (Lipinski definition) is 2. The van der Waals surface area contributed by atoms with E-state index in [0.717, 1.165) is 4.90 Å². The summed E-state index contributed by atoms with van der Waals surface area (Å²) >= 11 is 0. The number of hydrogen-bond acceptors (Lipinski definition) is 6. The molecule has 0 saturated carbocycles. The van der Waals surface area contributed by atoms with E-state index in [-0.39, 0.29) is 49.2 Å². The van der Waals surface area contributed by atoms with E-state index in [4.69, 9.17) is 4.42 Å². The minimum Gasteiger partial charge on any atom is -0.408 e. The Labute approximate surface area is 228 Å². The maximum absolute atomic E-state index is 14.3. The Kier molecular flexibility index (Phi) is 6.72. The molecule has 2 fully saturated rings. The number of likely N-dealkylation sites (N-methyl/N-ethyl adjacent to an activating group) is 1. The molecule has 2 aliphatic rings. The van der Waals surface area contributed by atoms with E-state index < -0.39 is 35.1 Å². The topological polar surface area (TPSA) is 136 Å². The van der Waals surface area contributed by atoms with Crippen LogP contribution in [0.2, 0.25) is 0 Å². The van der Waals surface area contributed by atoms with Crippen LogP contribution in [0, 0.1) is 18.7 Å². The number of nitrogens with zero attached hydrogens (tertiary/aromatic N) is 3. The first-order valence-electron chi connectivity index (χ1n) is 13.0. The Morgan fingerprint density at radius 3 is 2.45 bits per heavy atom. The average molecular weight is 552 g/mol. The van der Waals surface area contributed by atoms with Crippen molar-refractivity contribution in [3.05, 3.63) is 63.9 Å². The summed E-state index contributed by atoms with van der Waals surface area (Å²) in [4.78, 5) is 71.3. The number of urea groups is 1. The van der Waals surface area contributed by atoms with Crippen LogP contribution in [0.4, 0.5) is 14.9 Å². The molecule has 1 atom stereocenters. The Morgan fingerprint density at radius 2 is 1.77 bits per heavy atom. The number of aromatic nitrogens is 1. The highest BCUT2D eigenvalue weighted by atomic mass is 19.1. The van der Waals surface area contributed by atoms with Crippen LogP contribution >= 0.6 is 0 Å². The largest absolute Gasteiger partial charge is 0.417 e. The number of piperidine rings is 1. The number of H-pyrrole nitrogens is 1. The lowest BCUT2D eigenvalue weighted by Gasteiger charge is -2.43. The van der Waals surface area contributed by atoms with Crippen LogP contribution in [-0.4, -0.2) is 70.3 Å². The van der Waals surface area contributed by atoms with Crippen molar-refractivity contribution in [2.24, 2.45) is 5.92 Å². The number of anilines is 1. The predicted octanol–water partition coefficient (Wildman–Crippen LogP) is 2.78. The van der Waals surface area contributed by atoms with Crippen LogP contribution in [0.15, 0.2) is 45.6 Å². The van der Waals surface area contributed by atoms with Gasteiger partial charge >= 0.3 is 11.8 Å². The van der Waals surface area contributed by atoms with Crippen molar-refractivity contribution in [3.8, 4) is 0 Å². The van der Waals surface area contributed by atoms with Gasteiger partial charge in [-0.1, -0.05) is 25.5 Å². The SMILES string of the molecule is Cc1ccc(F)c(C(=O)N[C@@H](C(=O)N2CCC3(CC2)C(=O)N(C)C(=O)N3c2ccc3oc(=O)[nH]c3c2)C(C)C)c1. The van der Waals surface area contributed by atoms with Crippen LogP contribution in [0.5, 0.6) is 0 Å². The smallest absolute Gasteiger partial charge is 0.408 e. The molecule has 1 spiro atoms. The van der Waals surface area contributed by atoms with Gasteiger partial charge in [-0.05, 0) is 56.0 Å². The number of nitrogens with one attached hydrogen (secondary N) is 2. The molecular formula is C28H30FN5O6. The molecule has 40 heavy (non-hydrogen) atoms. The van der Waals surface area contributed by atoms with Gasteiger partial charge in [0.05, 0.1) is 11.1 Å². The number of benzene rings is 2. The molecule has 210 valence electrons. The lowest BCUT2D eigenvalue weighted by molar-refractivity contribution is -0.139. The maximum Gasteiger partial charge on any atom is 0.417 e. The number of oxazole rings is 1. The molecule has 2 aromatic carbocycles. The number of fused-ring (bicyclic) bond motifs is 1. The van der Waals surface area contributed by atoms with Gasteiger partial charge < -0.3 is 14.6 Å². The molecule has 0 bridgehead atoms. The van der Waals surface area contributed by atoms with Gasteiger partial charge in [-0.3, -0.25) is 29.2 Å². The summed E-state index contributed by atoms with van der Waals surface area (Å²) in [5, 5.41) is 2.69. The van der Waals surface area contributed by atoms with Gasteiger partial charge in [-0.2, -0.15) is 0 Å². The third-order valence-corrected chi connectivity index (χ3v) is 7.76. The molecule has 2 N–H and O–H groups in total. The molecule has 5 amide bonds. The molecule has 3 aromatic rings. The molecule has 2 aliphatic heterocycles. The minimum absolute atomic E-state index is 0.138. The number of halogens is 1. The Hall–Kier alpha value is -4.48. The molecule has 0 aliphatic carbocycles. The van der Waals surface area contributed by atoms with Crippen molar-refractivity contribution in [2.75, 3.05) is 25.0 Å². The third kappa shape index (κ3) is 4.42. The third-order valence-electron chi connectivity index (χ3n) is 7.76. The van der Waals surface area contributed by atoms with Gasteiger partial charge in [0, 0.05) is 25.8 Å². The summed E-state index contributed by atoms with van der Waals surface area (Å²) in [6, 6.07) is 7.52. The first-order chi connectivity index (χ1) is 18.9. The number of aryl methyl sites for hydroxylation is 1. The van der Waals surface area contributed by atoms with Gasteiger partial charge in [-0.25, -0.2) is 14.0 Å². The van der Waals surface area contributed by atoms with Crippen LogP contribution in [-0.2, 0) is 9.59 Å². The zero-order valence-corrected chi connectivity index (χ0v) is 22.6. The number of rotatable bonds is 5. The number of likely N-dealkylation sites (tertiary alicyclic amines) is 1. The van der Waals surface area contributed by atoms with E-state index in [0.29, 0.717) is 22.4 Å². The van der Waals surface area contributed by atoms with Gasteiger partial charge in [0.1, 0.15) is 17.4 Å².